The smallest absolute Gasteiger partial charge is 0.320 e. The number of amides is 3. The third-order valence-electron chi connectivity index (χ3n) is 4.96. The molecule has 0 aliphatic carbocycles. The molecule has 32 heavy (non-hydrogen) atoms. The summed E-state index contributed by atoms with van der Waals surface area (Å²) in [6, 6.07) is 12.7. The van der Waals surface area contributed by atoms with Crippen LogP contribution < -0.4 is 16.0 Å². The number of halogens is 1. The molecule has 10 heteroatoms. The number of carbonyl (C=O) groups excluding carboxylic acids is 2. The van der Waals surface area contributed by atoms with E-state index in [0.29, 0.717) is 16.4 Å². The minimum Gasteiger partial charge on any atom is -0.481 e. The van der Waals surface area contributed by atoms with E-state index >= 15 is 0 Å². The normalized spacial score (nSPS) is 14.8. The molecule has 2 aromatic rings. The monoisotopic (exact) mass is 457 g/mol. The van der Waals surface area contributed by atoms with Crippen LogP contribution in [0.25, 0.3) is 0 Å². The van der Waals surface area contributed by atoms with Crippen molar-refractivity contribution in [3.8, 4) is 0 Å². The van der Waals surface area contributed by atoms with E-state index in [-0.39, 0.29) is 0 Å². The van der Waals surface area contributed by atoms with Crippen molar-refractivity contribution in [3.63, 3.8) is 0 Å². The first kappa shape index (κ1) is 23.1. The minimum atomic E-state index is -1.70. The van der Waals surface area contributed by atoms with Gasteiger partial charge < -0.3 is 26.0 Å². The van der Waals surface area contributed by atoms with Gasteiger partial charge >= 0.3 is 12.0 Å². The molecule has 1 aliphatic heterocycles. The minimum absolute atomic E-state index is 0.445. The van der Waals surface area contributed by atoms with E-state index in [2.05, 4.69) is 20.9 Å². The Labute approximate surface area is 190 Å². The average molecular weight is 458 g/mol. The van der Waals surface area contributed by atoms with Gasteiger partial charge in [0.15, 0.2) is 0 Å². The molecule has 1 heterocycles. The lowest BCUT2D eigenvalue weighted by atomic mass is 9.96. The maximum Gasteiger partial charge on any atom is 0.320 e. The van der Waals surface area contributed by atoms with E-state index in [0.717, 1.165) is 24.5 Å². The summed E-state index contributed by atoms with van der Waals surface area (Å²) in [6.45, 7) is 2.95. The molecule has 0 fully saturated rings. The number of aliphatic imine (C=N–C) groups is 1. The number of aliphatic carboxylic acids is 1. The van der Waals surface area contributed by atoms with Gasteiger partial charge in [0.2, 0.25) is 0 Å². The van der Waals surface area contributed by atoms with Crippen molar-refractivity contribution in [2.75, 3.05) is 30.8 Å². The first-order valence-corrected chi connectivity index (χ1v) is 10.3. The highest BCUT2D eigenvalue weighted by Gasteiger charge is 2.37. The van der Waals surface area contributed by atoms with Gasteiger partial charge in [-0.3, -0.25) is 14.6 Å². The summed E-state index contributed by atoms with van der Waals surface area (Å²) in [6.07, 6.45) is -0.605. The highest BCUT2D eigenvalue weighted by molar-refractivity contribution is 6.30. The van der Waals surface area contributed by atoms with Crippen molar-refractivity contribution in [1.29, 1.82) is 0 Å². The van der Waals surface area contributed by atoms with Gasteiger partial charge in [0.05, 0.1) is 13.0 Å². The van der Waals surface area contributed by atoms with Gasteiger partial charge in [-0.2, -0.15) is 0 Å². The largest absolute Gasteiger partial charge is 0.481 e. The zero-order chi connectivity index (χ0) is 23.3. The number of urea groups is 1. The van der Waals surface area contributed by atoms with Gasteiger partial charge in [0.1, 0.15) is 11.4 Å². The van der Waals surface area contributed by atoms with Gasteiger partial charge in [-0.15, -0.1) is 0 Å². The number of hydrogen-bond donors (Lipinski definition) is 4. The number of anilines is 2. The first-order chi connectivity index (χ1) is 15.2. The number of rotatable bonds is 7. The Balaban J connectivity index is 1.69. The molecule has 1 unspecified atom stereocenters. The maximum absolute atomic E-state index is 12.9. The predicted molar refractivity (Wildman–Crippen MR) is 123 cm³/mol. The Hall–Kier alpha value is -3.59. The van der Waals surface area contributed by atoms with Crippen LogP contribution >= 0.6 is 11.6 Å². The number of carbonyl (C=O) groups is 3. The summed E-state index contributed by atoms with van der Waals surface area (Å²) >= 11 is 5.83. The van der Waals surface area contributed by atoms with Crippen LogP contribution in [0.4, 0.5) is 16.2 Å². The number of carboxylic acids is 1. The molecule has 0 aromatic heterocycles. The number of nitrogens with zero attached hydrogens (tertiary/aromatic N) is 2. The zero-order valence-electron chi connectivity index (χ0n) is 17.7. The predicted octanol–water partition coefficient (Wildman–Crippen LogP) is 3.03. The molecule has 1 aliphatic rings. The van der Waals surface area contributed by atoms with Crippen LogP contribution in [0.5, 0.6) is 0 Å². The van der Waals surface area contributed by atoms with Crippen LogP contribution in [0.15, 0.2) is 53.5 Å². The second-order valence-electron chi connectivity index (χ2n) is 7.65. The summed E-state index contributed by atoms with van der Waals surface area (Å²) in [4.78, 5) is 43.2. The fourth-order valence-corrected chi connectivity index (χ4v) is 3.37. The van der Waals surface area contributed by atoms with Crippen molar-refractivity contribution >= 4 is 46.7 Å². The number of likely N-dealkylation sites (N-methyl/N-ethyl adjacent to an activating group) is 1. The average Bonchev–Trinajstić information content (AvgIpc) is 3.15. The number of hydrogen-bond acceptors (Lipinski definition) is 5. The van der Waals surface area contributed by atoms with E-state index in [4.69, 9.17) is 11.6 Å². The van der Waals surface area contributed by atoms with E-state index < -0.39 is 29.9 Å². The summed E-state index contributed by atoms with van der Waals surface area (Å²) in [5.74, 6) is -1.01. The van der Waals surface area contributed by atoms with Gasteiger partial charge in [0, 0.05) is 35.6 Å². The van der Waals surface area contributed by atoms with Crippen LogP contribution in [-0.2, 0) is 9.59 Å². The van der Waals surface area contributed by atoms with Gasteiger partial charge in [-0.1, -0.05) is 11.6 Å². The third kappa shape index (κ3) is 5.76. The molecule has 3 rings (SSSR count). The first-order valence-electron chi connectivity index (χ1n) is 9.90. The van der Waals surface area contributed by atoms with E-state index in [9.17, 15) is 19.5 Å². The molecular weight excluding hydrogens is 434 g/mol. The molecule has 168 valence electrons. The van der Waals surface area contributed by atoms with Crippen molar-refractivity contribution in [2.45, 2.75) is 18.9 Å². The second kappa shape index (κ2) is 9.69. The second-order valence-corrected chi connectivity index (χ2v) is 8.08. The van der Waals surface area contributed by atoms with Crippen LogP contribution in [-0.4, -0.2) is 59.4 Å². The lowest BCUT2D eigenvalue weighted by molar-refractivity contribution is -0.141. The van der Waals surface area contributed by atoms with Gasteiger partial charge in [-0.25, -0.2) is 4.79 Å². The van der Waals surface area contributed by atoms with Crippen molar-refractivity contribution in [1.82, 2.24) is 10.2 Å². The molecule has 0 saturated carbocycles. The molecule has 0 radical (unpaired) electrons. The molecule has 0 saturated heterocycles. The quantitative estimate of drug-likeness (QED) is 0.509. The molecule has 0 spiro atoms. The molecule has 9 nitrogen and oxygen atoms in total. The molecule has 1 atom stereocenters. The Bertz CT molecular complexity index is 1040. The summed E-state index contributed by atoms with van der Waals surface area (Å²) in [7, 11) is 1.96. The number of nitrogens with one attached hydrogen (secondary N) is 3. The Morgan fingerprint density at radius 1 is 1.06 bits per heavy atom. The Morgan fingerprint density at radius 3 is 2.22 bits per heavy atom. The molecule has 2 aromatic carbocycles. The van der Waals surface area contributed by atoms with E-state index in [1.165, 1.54) is 6.92 Å². The topological polar surface area (TPSA) is 123 Å². The van der Waals surface area contributed by atoms with E-state index in [1.807, 2.05) is 24.1 Å². The van der Waals surface area contributed by atoms with Crippen LogP contribution in [0.2, 0.25) is 5.02 Å². The zero-order valence-corrected chi connectivity index (χ0v) is 18.4. The number of benzene rings is 2. The fourth-order valence-electron chi connectivity index (χ4n) is 3.25. The highest BCUT2D eigenvalue weighted by atomic mass is 35.5. The highest BCUT2D eigenvalue weighted by Crippen LogP contribution is 2.19. The van der Waals surface area contributed by atoms with Gasteiger partial charge in [0.25, 0.3) is 5.91 Å². The van der Waals surface area contributed by atoms with Crippen molar-refractivity contribution in [2.24, 2.45) is 4.99 Å². The maximum atomic E-state index is 12.9. The fraction of sp³-hybridized carbons (Fsp3) is 0.273. The molecule has 0 bridgehead atoms. The molecular formula is C22H24ClN5O4. The number of amidine groups is 1. The lowest BCUT2D eigenvalue weighted by Crippen LogP contribution is -2.56. The van der Waals surface area contributed by atoms with Crippen LogP contribution in [0, 0.1) is 0 Å². The summed E-state index contributed by atoms with van der Waals surface area (Å²) in [5, 5.41) is 17.5. The summed E-state index contributed by atoms with van der Waals surface area (Å²) in [5.41, 5.74) is 0.130. The van der Waals surface area contributed by atoms with Crippen molar-refractivity contribution in [3.05, 3.63) is 59.1 Å². The van der Waals surface area contributed by atoms with Crippen LogP contribution in [0.3, 0.4) is 0 Å². The van der Waals surface area contributed by atoms with Crippen LogP contribution in [0.1, 0.15) is 18.9 Å². The molecule has 4 N–H and O–H groups in total. The van der Waals surface area contributed by atoms with Gasteiger partial charge in [-0.05, 0) is 55.5 Å². The van der Waals surface area contributed by atoms with Crippen molar-refractivity contribution < 1.29 is 19.5 Å². The molecule has 3 amide bonds. The Morgan fingerprint density at radius 2 is 1.66 bits per heavy atom. The van der Waals surface area contributed by atoms with E-state index in [1.54, 1.807) is 36.4 Å². The summed E-state index contributed by atoms with van der Waals surface area (Å²) < 4.78 is 0. The Kier molecular flexibility index (Phi) is 6.99. The standard InChI is InChI=1S/C22H24ClN5O4/c1-22(13-18(29)30,27-21(32)26-17-9-5-15(23)6-10-17)20(31)25-16-7-3-14(4-8-16)19-24-11-12-28(19)2/h3-10H,11-13H2,1-2H3,(H,25,31)(H,29,30)(H2,26,27,32). The number of carboxylic acid groups (broad SMARTS) is 1. The lowest BCUT2D eigenvalue weighted by Gasteiger charge is -2.28. The third-order valence-corrected chi connectivity index (χ3v) is 5.21. The SMILES string of the molecule is CN1CCN=C1c1ccc(NC(=O)C(C)(CC(=O)O)NC(=O)Nc2ccc(Cl)cc2)cc1.